The summed E-state index contributed by atoms with van der Waals surface area (Å²) in [4.78, 5) is 20.8. The first-order chi connectivity index (χ1) is 10.1. The van der Waals surface area contributed by atoms with Crippen LogP contribution in [-0.2, 0) is 9.53 Å². The lowest BCUT2D eigenvalue weighted by atomic mass is 10.1. The summed E-state index contributed by atoms with van der Waals surface area (Å²) in [6.07, 6.45) is 0.470. The summed E-state index contributed by atoms with van der Waals surface area (Å²) in [5, 5.41) is 0. The van der Waals surface area contributed by atoms with Gasteiger partial charge in [-0.25, -0.2) is 4.98 Å². The summed E-state index contributed by atoms with van der Waals surface area (Å²) in [5.41, 5.74) is 1.12. The van der Waals surface area contributed by atoms with Crippen LogP contribution in [0.15, 0.2) is 18.2 Å². The molecule has 1 aromatic rings. The van der Waals surface area contributed by atoms with Crippen LogP contribution in [-0.4, -0.2) is 55.7 Å². The van der Waals surface area contributed by atoms with Gasteiger partial charge in [0.15, 0.2) is 0 Å². The van der Waals surface area contributed by atoms with E-state index in [1.54, 1.807) is 7.11 Å². The number of aromatic nitrogens is 1. The highest BCUT2D eigenvalue weighted by Crippen LogP contribution is 2.18. The number of hydrogen-bond donors (Lipinski definition) is 0. The van der Waals surface area contributed by atoms with Gasteiger partial charge >= 0.3 is 0 Å². The molecule has 0 atom stereocenters. The van der Waals surface area contributed by atoms with E-state index in [4.69, 9.17) is 9.72 Å². The topological polar surface area (TPSA) is 45.7 Å². The number of hydrogen-bond acceptors (Lipinski definition) is 4. The van der Waals surface area contributed by atoms with Crippen LogP contribution in [0.2, 0.25) is 0 Å². The maximum atomic E-state index is 12.0. The standard InChI is InChI=1S/C16H25N3O2/c1-13(2)14-5-4-6-15(17-14)18-8-10-19(11-9-18)16(20)7-12-21-3/h4-6,13H,7-12H2,1-3H3. The molecule has 21 heavy (non-hydrogen) atoms. The molecule has 1 fully saturated rings. The monoisotopic (exact) mass is 291 g/mol. The predicted octanol–water partition coefficient (Wildman–Crippen LogP) is 1.89. The summed E-state index contributed by atoms with van der Waals surface area (Å²) in [7, 11) is 1.62. The Balaban J connectivity index is 1.92. The molecule has 1 aliphatic heterocycles. The average molecular weight is 291 g/mol. The highest BCUT2D eigenvalue weighted by atomic mass is 16.5. The van der Waals surface area contributed by atoms with Gasteiger partial charge in [0.2, 0.25) is 5.91 Å². The molecule has 1 amide bonds. The summed E-state index contributed by atoms with van der Waals surface area (Å²) in [6.45, 7) is 8.00. The van der Waals surface area contributed by atoms with E-state index < -0.39 is 0 Å². The summed E-state index contributed by atoms with van der Waals surface area (Å²) >= 11 is 0. The van der Waals surface area contributed by atoms with Crippen molar-refractivity contribution in [2.75, 3.05) is 44.8 Å². The van der Waals surface area contributed by atoms with Gasteiger partial charge in [-0.15, -0.1) is 0 Å². The number of methoxy groups -OCH3 is 1. The Morgan fingerprint density at radius 1 is 1.29 bits per heavy atom. The highest BCUT2D eigenvalue weighted by Gasteiger charge is 2.21. The highest BCUT2D eigenvalue weighted by molar-refractivity contribution is 5.76. The lowest BCUT2D eigenvalue weighted by molar-refractivity contribution is -0.132. The van der Waals surface area contributed by atoms with Gasteiger partial charge in [0, 0.05) is 39.0 Å². The van der Waals surface area contributed by atoms with Crippen molar-refractivity contribution in [2.45, 2.75) is 26.2 Å². The van der Waals surface area contributed by atoms with Crippen molar-refractivity contribution in [1.82, 2.24) is 9.88 Å². The van der Waals surface area contributed by atoms with Crippen LogP contribution < -0.4 is 4.90 Å². The Bertz CT molecular complexity index is 468. The van der Waals surface area contributed by atoms with Crippen LogP contribution in [0.1, 0.15) is 31.9 Å². The minimum absolute atomic E-state index is 0.181. The first-order valence-corrected chi connectivity index (χ1v) is 7.60. The van der Waals surface area contributed by atoms with Crippen molar-refractivity contribution in [3.05, 3.63) is 23.9 Å². The molecule has 0 saturated carbocycles. The predicted molar refractivity (Wildman–Crippen MR) is 83.6 cm³/mol. The van der Waals surface area contributed by atoms with Crippen LogP contribution in [0.3, 0.4) is 0 Å². The zero-order valence-corrected chi connectivity index (χ0v) is 13.2. The molecule has 2 heterocycles. The van der Waals surface area contributed by atoms with Crippen molar-refractivity contribution in [1.29, 1.82) is 0 Å². The Morgan fingerprint density at radius 3 is 2.62 bits per heavy atom. The van der Waals surface area contributed by atoms with E-state index in [1.807, 2.05) is 11.0 Å². The van der Waals surface area contributed by atoms with Crippen molar-refractivity contribution in [2.24, 2.45) is 0 Å². The first-order valence-electron chi connectivity index (χ1n) is 7.60. The molecule has 0 radical (unpaired) electrons. The van der Waals surface area contributed by atoms with Crippen molar-refractivity contribution >= 4 is 11.7 Å². The maximum Gasteiger partial charge on any atom is 0.225 e. The number of carbonyl (C=O) groups excluding carboxylic acids is 1. The zero-order valence-electron chi connectivity index (χ0n) is 13.2. The van der Waals surface area contributed by atoms with Gasteiger partial charge in [0.05, 0.1) is 13.0 Å². The minimum atomic E-state index is 0.181. The second kappa shape index (κ2) is 7.41. The molecule has 2 rings (SSSR count). The Hall–Kier alpha value is -1.62. The number of amides is 1. The van der Waals surface area contributed by atoms with Crippen LogP contribution >= 0.6 is 0 Å². The van der Waals surface area contributed by atoms with Gasteiger partial charge < -0.3 is 14.5 Å². The fourth-order valence-corrected chi connectivity index (χ4v) is 2.47. The van der Waals surface area contributed by atoms with Gasteiger partial charge in [0.25, 0.3) is 0 Å². The van der Waals surface area contributed by atoms with Crippen LogP contribution in [0, 0.1) is 0 Å². The van der Waals surface area contributed by atoms with E-state index in [-0.39, 0.29) is 5.91 Å². The van der Waals surface area contributed by atoms with Gasteiger partial charge in [-0.2, -0.15) is 0 Å². The number of ether oxygens (including phenoxy) is 1. The van der Waals surface area contributed by atoms with E-state index >= 15 is 0 Å². The molecule has 0 aliphatic carbocycles. The molecule has 0 bridgehead atoms. The Morgan fingerprint density at radius 2 is 2.00 bits per heavy atom. The molecule has 5 heteroatoms. The van der Waals surface area contributed by atoms with Gasteiger partial charge in [0.1, 0.15) is 5.82 Å². The fourth-order valence-electron chi connectivity index (χ4n) is 2.47. The second-order valence-corrected chi connectivity index (χ2v) is 5.69. The van der Waals surface area contributed by atoms with E-state index in [1.165, 1.54) is 0 Å². The van der Waals surface area contributed by atoms with Gasteiger partial charge in [-0.05, 0) is 18.1 Å². The number of nitrogens with zero attached hydrogens (tertiary/aromatic N) is 3. The molecular formula is C16H25N3O2. The lowest BCUT2D eigenvalue weighted by Crippen LogP contribution is -2.49. The van der Waals surface area contributed by atoms with E-state index in [2.05, 4.69) is 30.9 Å². The molecule has 0 N–H and O–H groups in total. The second-order valence-electron chi connectivity index (χ2n) is 5.69. The van der Waals surface area contributed by atoms with E-state index in [0.717, 1.165) is 37.7 Å². The summed E-state index contributed by atoms with van der Waals surface area (Å²) in [6, 6.07) is 6.18. The number of carbonyl (C=O) groups is 1. The molecule has 0 aromatic carbocycles. The van der Waals surface area contributed by atoms with Crippen LogP contribution in [0.5, 0.6) is 0 Å². The van der Waals surface area contributed by atoms with Gasteiger partial charge in [-0.1, -0.05) is 19.9 Å². The minimum Gasteiger partial charge on any atom is -0.384 e. The average Bonchev–Trinajstić information content (AvgIpc) is 2.53. The van der Waals surface area contributed by atoms with Crippen molar-refractivity contribution in [3.8, 4) is 0 Å². The van der Waals surface area contributed by atoms with Gasteiger partial charge in [-0.3, -0.25) is 4.79 Å². The quantitative estimate of drug-likeness (QED) is 0.831. The van der Waals surface area contributed by atoms with E-state index in [9.17, 15) is 4.79 Å². The SMILES string of the molecule is COCCC(=O)N1CCN(c2cccc(C(C)C)n2)CC1. The molecule has 0 unspecified atom stereocenters. The van der Waals surface area contributed by atoms with Crippen LogP contribution in [0.25, 0.3) is 0 Å². The summed E-state index contributed by atoms with van der Waals surface area (Å²) in [5.74, 6) is 1.63. The third-order valence-corrected chi connectivity index (χ3v) is 3.82. The number of rotatable bonds is 5. The third kappa shape index (κ3) is 4.17. The Kier molecular flexibility index (Phi) is 5.56. The first kappa shape index (κ1) is 15.8. The molecule has 1 aromatic heterocycles. The Labute approximate surface area is 126 Å². The molecule has 1 saturated heterocycles. The molecular weight excluding hydrogens is 266 g/mol. The maximum absolute atomic E-state index is 12.0. The largest absolute Gasteiger partial charge is 0.384 e. The molecule has 0 spiro atoms. The third-order valence-electron chi connectivity index (χ3n) is 3.82. The number of piperazine rings is 1. The number of pyridine rings is 1. The van der Waals surface area contributed by atoms with Crippen LogP contribution in [0.4, 0.5) is 5.82 Å². The molecule has 1 aliphatic rings. The summed E-state index contributed by atoms with van der Waals surface area (Å²) < 4.78 is 4.96. The molecule has 5 nitrogen and oxygen atoms in total. The smallest absolute Gasteiger partial charge is 0.225 e. The number of anilines is 1. The molecule has 116 valence electrons. The van der Waals surface area contributed by atoms with Crippen molar-refractivity contribution in [3.63, 3.8) is 0 Å². The normalized spacial score (nSPS) is 15.6. The zero-order chi connectivity index (χ0) is 15.2. The lowest BCUT2D eigenvalue weighted by Gasteiger charge is -2.35. The van der Waals surface area contributed by atoms with Crippen molar-refractivity contribution < 1.29 is 9.53 Å². The fraction of sp³-hybridized carbons (Fsp3) is 0.625. The van der Waals surface area contributed by atoms with E-state index in [0.29, 0.717) is 18.9 Å².